The molecule has 0 unspecified atom stereocenters. The number of hydrogen-bond donors (Lipinski definition) is 0. The molecule has 3 rings (SSSR count). The highest BCUT2D eigenvalue weighted by molar-refractivity contribution is 7.16. The third-order valence-corrected chi connectivity index (χ3v) is 5.55. The minimum absolute atomic E-state index is 0.0546. The Balaban J connectivity index is 1.94. The number of esters is 1. The van der Waals surface area contributed by atoms with Gasteiger partial charge in [-0.3, -0.25) is 9.59 Å². The van der Waals surface area contributed by atoms with Crippen molar-refractivity contribution in [3.63, 3.8) is 0 Å². The smallest absolute Gasteiger partial charge is 0.326 e. The molecule has 9 heteroatoms. The topological polar surface area (TPSA) is 79.1 Å². The molecule has 0 fully saturated rings. The summed E-state index contributed by atoms with van der Waals surface area (Å²) in [5, 5.41) is 0.559. The first-order chi connectivity index (χ1) is 14.9. The first-order valence-electron chi connectivity index (χ1n) is 9.38. The van der Waals surface area contributed by atoms with Crippen LogP contribution in [-0.4, -0.2) is 37.3 Å². The number of hydrogen-bond acceptors (Lipinski definition) is 6. The van der Waals surface area contributed by atoms with E-state index in [4.69, 9.17) is 25.8 Å². The number of amides is 1. The van der Waals surface area contributed by atoms with Gasteiger partial charge in [0.2, 0.25) is 0 Å². The largest absolute Gasteiger partial charge is 0.493 e. The molecule has 0 radical (unpaired) electrons. The highest BCUT2D eigenvalue weighted by Crippen LogP contribution is 2.28. The molecule has 0 spiro atoms. The quantitative estimate of drug-likeness (QED) is 0.392. The van der Waals surface area contributed by atoms with Crippen molar-refractivity contribution in [1.82, 2.24) is 4.57 Å². The Morgan fingerprint density at radius 3 is 2.61 bits per heavy atom. The summed E-state index contributed by atoms with van der Waals surface area (Å²) >= 11 is 7.36. The number of fused-ring (bicyclic) bond motifs is 1. The molecular weight excluding hydrogens is 440 g/mol. The standard InChI is InChI=1S/C22H21ClN2O5S/c1-4-30-21(27)13-25-16-8-7-15(23)12-19(16)31-22(25)24-20(26)10-6-14-5-9-17(28-2)18(11-14)29-3/h5-12H,4,13H2,1-3H3/b10-6-,24-22?. The molecule has 1 aromatic heterocycles. The summed E-state index contributed by atoms with van der Waals surface area (Å²) in [5.74, 6) is 0.277. The Morgan fingerprint density at radius 1 is 1.13 bits per heavy atom. The summed E-state index contributed by atoms with van der Waals surface area (Å²) in [6.45, 7) is 1.95. The highest BCUT2D eigenvalue weighted by Gasteiger charge is 2.12. The number of halogens is 1. The zero-order valence-electron chi connectivity index (χ0n) is 17.3. The van der Waals surface area contributed by atoms with E-state index >= 15 is 0 Å². The molecule has 0 saturated heterocycles. The van der Waals surface area contributed by atoms with Gasteiger partial charge in [-0.2, -0.15) is 4.99 Å². The number of ether oxygens (including phenoxy) is 3. The van der Waals surface area contributed by atoms with E-state index < -0.39 is 11.9 Å². The second-order valence-electron chi connectivity index (χ2n) is 6.29. The molecular formula is C22H21ClN2O5S. The molecule has 0 bridgehead atoms. The molecule has 2 aromatic carbocycles. The molecule has 1 amide bonds. The molecule has 0 aliphatic carbocycles. The minimum Gasteiger partial charge on any atom is -0.493 e. The zero-order valence-corrected chi connectivity index (χ0v) is 18.8. The fourth-order valence-electron chi connectivity index (χ4n) is 2.88. The van der Waals surface area contributed by atoms with Gasteiger partial charge in [0, 0.05) is 11.1 Å². The molecule has 0 aliphatic rings. The van der Waals surface area contributed by atoms with Crippen molar-refractivity contribution in [3.8, 4) is 11.5 Å². The van der Waals surface area contributed by atoms with E-state index in [-0.39, 0.29) is 13.2 Å². The van der Waals surface area contributed by atoms with E-state index in [1.807, 2.05) is 0 Å². The van der Waals surface area contributed by atoms with Crippen molar-refractivity contribution in [2.45, 2.75) is 13.5 Å². The van der Waals surface area contributed by atoms with Gasteiger partial charge in [-0.05, 0) is 48.9 Å². The number of methoxy groups -OCH3 is 2. The molecule has 1 heterocycles. The van der Waals surface area contributed by atoms with Gasteiger partial charge in [-0.1, -0.05) is 29.0 Å². The van der Waals surface area contributed by atoms with Crippen LogP contribution < -0.4 is 14.3 Å². The van der Waals surface area contributed by atoms with Gasteiger partial charge < -0.3 is 18.8 Å². The average Bonchev–Trinajstić information content (AvgIpc) is 3.07. The second kappa shape index (κ2) is 10.3. The van der Waals surface area contributed by atoms with Crippen LogP contribution in [0.2, 0.25) is 5.02 Å². The van der Waals surface area contributed by atoms with Crippen LogP contribution in [0.1, 0.15) is 12.5 Å². The molecule has 0 saturated carbocycles. The lowest BCUT2D eigenvalue weighted by Crippen LogP contribution is -2.22. The summed E-state index contributed by atoms with van der Waals surface area (Å²) < 4.78 is 18.0. The maximum absolute atomic E-state index is 12.5. The average molecular weight is 461 g/mol. The van der Waals surface area contributed by atoms with Crippen molar-refractivity contribution < 1.29 is 23.8 Å². The van der Waals surface area contributed by atoms with Crippen molar-refractivity contribution in [1.29, 1.82) is 0 Å². The first-order valence-corrected chi connectivity index (χ1v) is 10.6. The third-order valence-electron chi connectivity index (χ3n) is 4.27. The Kier molecular flexibility index (Phi) is 7.49. The van der Waals surface area contributed by atoms with Crippen LogP contribution in [0.3, 0.4) is 0 Å². The molecule has 7 nitrogen and oxygen atoms in total. The molecule has 0 aliphatic heterocycles. The van der Waals surface area contributed by atoms with Crippen LogP contribution in [0.15, 0.2) is 47.5 Å². The number of aromatic nitrogens is 1. The Bertz CT molecular complexity index is 1210. The lowest BCUT2D eigenvalue weighted by molar-refractivity contribution is -0.143. The Morgan fingerprint density at radius 2 is 1.90 bits per heavy atom. The van der Waals surface area contributed by atoms with Gasteiger partial charge in [-0.25, -0.2) is 0 Å². The van der Waals surface area contributed by atoms with Crippen molar-refractivity contribution in [2.75, 3.05) is 20.8 Å². The van der Waals surface area contributed by atoms with Gasteiger partial charge in [0.15, 0.2) is 16.3 Å². The molecule has 0 N–H and O–H groups in total. The van der Waals surface area contributed by atoms with E-state index in [0.29, 0.717) is 21.3 Å². The second-order valence-corrected chi connectivity index (χ2v) is 7.73. The van der Waals surface area contributed by atoms with E-state index in [2.05, 4.69) is 4.99 Å². The van der Waals surface area contributed by atoms with Crippen LogP contribution in [0.5, 0.6) is 11.5 Å². The monoisotopic (exact) mass is 460 g/mol. The van der Waals surface area contributed by atoms with Crippen molar-refractivity contribution in [2.24, 2.45) is 4.99 Å². The lowest BCUT2D eigenvalue weighted by atomic mass is 10.2. The maximum atomic E-state index is 12.5. The summed E-state index contributed by atoms with van der Waals surface area (Å²) in [6.07, 6.45) is 2.99. The Labute approximate surface area is 188 Å². The van der Waals surface area contributed by atoms with Crippen molar-refractivity contribution in [3.05, 3.63) is 57.9 Å². The number of benzene rings is 2. The van der Waals surface area contributed by atoms with Crippen molar-refractivity contribution >= 4 is 51.1 Å². The third kappa shape index (κ3) is 5.53. The van der Waals surface area contributed by atoms with Crippen LogP contribution in [0, 0.1) is 0 Å². The predicted octanol–water partition coefficient (Wildman–Crippen LogP) is 4.08. The fraction of sp³-hybridized carbons (Fsp3) is 0.227. The first kappa shape index (κ1) is 22.6. The SMILES string of the molecule is CCOC(=O)Cn1c(=NC(=O)/C=C\c2ccc(OC)c(OC)c2)sc2cc(Cl)ccc21. The van der Waals surface area contributed by atoms with Crippen LogP contribution >= 0.6 is 22.9 Å². The maximum Gasteiger partial charge on any atom is 0.326 e. The zero-order chi connectivity index (χ0) is 22.4. The Hall–Kier alpha value is -3.10. The summed E-state index contributed by atoms with van der Waals surface area (Å²) in [6, 6.07) is 10.6. The van der Waals surface area contributed by atoms with Gasteiger partial charge in [0.25, 0.3) is 5.91 Å². The molecule has 3 aromatic rings. The molecule has 162 valence electrons. The van der Waals surface area contributed by atoms with E-state index in [1.54, 1.807) is 68.2 Å². The van der Waals surface area contributed by atoms with Gasteiger partial charge in [0.05, 0.1) is 31.0 Å². The normalized spacial score (nSPS) is 11.8. The van der Waals surface area contributed by atoms with E-state index in [1.165, 1.54) is 17.4 Å². The number of carbonyl (C=O) groups is 2. The minimum atomic E-state index is -0.468. The number of rotatable bonds is 7. The molecule has 0 atom stereocenters. The van der Waals surface area contributed by atoms with Crippen LogP contribution in [0.25, 0.3) is 16.3 Å². The highest BCUT2D eigenvalue weighted by atomic mass is 35.5. The number of thiazole rings is 1. The van der Waals surface area contributed by atoms with Gasteiger partial charge in [-0.15, -0.1) is 0 Å². The molecule has 31 heavy (non-hydrogen) atoms. The predicted molar refractivity (Wildman–Crippen MR) is 121 cm³/mol. The summed E-state index contributed by atoms with van der Waals surface area (Å²) in [7, 11) is 3.10. The van der Waals surface area contributed by atoms with E-state index in [9.17, 15) is 9.59 Å². The van der Waals surface area contributed by atoms with Gasteiger partial charge >= 0.3 is 5.97 Å². The van der Waals surface area contributed by atoms with Gasteiger partial charge in [0.1, 0.15) is 6.54 Å². The summed E-state index contributed by atoms with van der Waals surface area (Å²) in [5.41, 5.74) is 1.50. The van der Waals surface area contributed by atoms with Crippen LogP contribution in [0.4, 0.5) is 0 Å². The van der Waals surface area contributed by atoms with Crippen LogP contribution in [-0.2, 0) is 20.9 Å². The lowest BCUT2D eigenvalue weighted by Gasteiger charge is -2.07. The van der Waals surface area contributed by atoms with E-state index in [0.717, 1.165) is 15.8 Å². The number of carbonyl (C=O) groups excluding carboxylic acids is 2. The number of nitrogens with zero attached hydrogens (tertiary/aromatic N) is 2. The summed E-state index contributed by atoms with van der Waals surface area (Å²) in [4.78, 5) is 29.1. The fourth-order valence-corrected chi connectivity index (χ4v) is 4.19.